The summed E-state index contributed by atoms with van der Waals surface area (Å²) in [6, 6.07) is 4.58. The molecule has 0 atom stereocenters. The maximum Gasteiger partial charge on any atom is 0.488 e. The molecular formula is C13H16BN3O5. The van der Waals surface area contributed by atoms with E-state index in [9.17, 15) is 14.8 Å². The molecule has 0 fully saturated rings. The van der Waals surface area contributed by atoms with E-state index in [4.69, 9.17) is 9.47 Å². The molecule has 0 radical (unpaired) electrons. The van der Waals surface area contributed by atoms with Gasteiger partial charge in [-0.15, -0.1) is 5.10 Å². The molecule has 0 unspecified atom stereocenters. The summed E-state index contributed by atoms with van der Waals surface area (Å²) in [7, 11) is -1.65. The van der Waals surface area contributed by atoms with Crippen LogP contribution >= 0.6 is 0 Å². The van der Waals surface area contributed by atoms with E-state index >= 15 is 0 Å². The molecule has 0 aliphatic heterocycles. The number of carbonyl (C=O) groups excluding carboxylic acids is 1. The van der Waals surface area contributed by atoms with E-state index < -0.39 is 13.1 Å². The number of H-pyrrole nitrogens is 1. The molecule has 0 aliphatic rings. The van der Waals surface area contributed by atoms with E-state index in [1.807, 2.05) is 6.92 Å². The second-order valence-corrected chi connectivity index (χ2v) is 4.30. The van der Waals surface area contributed by atoms with Crippen LogP contribution in [0.3, 0.4) is 0 Å². The number of esters is 1. The molecule has 8 nitrogen and oxygen atoms in total. The van der Waals surface area contributed by atoms with Gasteiger partial charge in [0, 0.05) is 5.56 Å². The molecule has 0 aliphatic carbocycles. The third-order valence-electron chi connectivity index (χ3n) is 2.87. The lowest BCUT2D eigenvalue weighted by Gasteiger charge is -2.11. The van der Waals surface area contributed by atoms with Crippen LogP contribution in [0.1, 0.15) is 24.3 Å². The molecule has 1 heterocycles. The van der Waals surface area contributed by atoms with Crippen LogP contribution in [0.2, 0.25) is 0 Å². The number of benzene rings is 1. The van der Waals surface area contributed by atoms with Gasteiger partial charge in [0.2, 0.25) is 0 Å². The number of hydrogen-bond acceptors (Lipinski definition) is 7. The zero-order valence-corrected chi connectivity index (χ0v) is 12.2. The molecule has 3 N–H and O–H groups in total. The summed E-state index contributed by atoms with van der Waals surface area (Å²) in [6.45, 7) is 4.11. The average Bonchev–Trinajstić information content (AvgIpc) is 2.97. The Morgan fingerprint density at radius 3 is 2.68 bits per heavy atom. The number of aromatic amines is 1. The van der Waals surface area contributed by atoms with Gasteiger partial charge in [-0.1, -0.05) is 6.07 Å². The summed E-state index contributed by atoms with van der Waals surface area (Å²) in [6.07, 6.45) is 0. The van der Waals surface area contributed by atoms with E-state index in [2.05, 4.69) is 15.4 Å². The Hall–Kier alpha value is -2.39. The summed E-state index contributed by atoms with van der Waals surface area (Å²) in [4.78, 5) is 11.9. The quantitative estimate of drug-likeness (QED) is 0.496. The van der Waals surface area contributed by atoms with E-state index in [-0.39, 0.29) is 23.5 Å². The van der Waals surface area contributed by atoms with Crippen molar-refractivity contribution >= 4 is 18.6 Å². The maximum absolute atomic E-state index is 11.9. The average molecular weight is 305 g/mol. The van der Waals surface area contributed by atoms with Crippen LogP contribution in [0.15, 0.2) is 18.2 Å². The van der Waals surface area contributed by atoms with Gasteiger partial charge in [-0.05, 0) is 31.4 Å². The van der Waals surface area contributed by atoms with Gasteiger partial charge in [-0.2, -0.15) is 10.3 Å². The van der Waals surface area contributed by atoms with Crippen LogP contribution in [0.5, 0.6) is 5.75 Å². The fourth-order valence-electron chi connectivity index (χ4n) is 1.94. The molecule has 0 spiro atoms. The van der Waals surface area contributed by atoms with E-state index in [0.29, 0.717) is 17.9 Å². The van der Waals surface area contributed by atoms with Gasteiger partial charge in [0.1, 0.15) is 11.4 Å². The first kappa shape index (κ1) is 16.0. The number of rotatable bonds is 6. The lowest BCUT2D eigenvalue weighted by Crippen LogP contribution is -2.29. The van der Waals surface area contributed by atoms with Crippen molar-refractivity contribution in [3.8, 4) is 17.0 Å². The smallest absolute Gasteiger partial charge is 0.488 e. The van der Waals surface area contributed by atoms with Gasteiger partial charge in [0.05, 0.1) is 13.2 Å². The third-order valence-corrected chi connectivity index (χ3v) is 2.87. The Morgan fingerprint density at radius 2 is 2.05 bits per heavy atom. The van der Waals surface area contributed by atoms with Crippen LogP contribution in [0, 0.1) is 0 Å². The molecule has 0 amide bonds. The molecule has 0 bridgehead atoms. The first-order valence-electron chi connectivity index (χ1n) is 6.79. The second kappa shape index (κ2) is 7.05. The molecule has 116 valence electrons. The Balaban J connectivity index is 2.53. The maximum atomic E-state index is 11.9. The largest absolute Gasteiger partial charge is 0.493 e. The fourth-order valence-corrected chi connectivity index (χ4v) is 1.94. The molecule has 0 saturated carbocycles. The van der Waals surface area contributed by atoms with Gasteiger partial charge in [-0.3, -0.25) is 0 Å². The summed E-state index contributed by atoms with van der Waals surface area (Å²) < 4.78 is 10.4. The van der Waals surface area contributed by atoms with Crippen molar-refractivity contribution in [1.82, 2.24) is 15.4 Å². The van der Waals surface area contributed by atoms with Crippen LogP contribution in [0.4, 0.5) is 0 Å². The van der Waals surface area contributed by atoms with Crippen LogP contribution < -0.4 is 10.2 Å². The summed E-state index contributed by atoms with van der Waals surface area (Å²) in [5, 5.41) is 28.7. The zero-order valence-electron chi connectivity index (χ0n) is 12.2. The highest BCUT2D eigenvalue weighted by Crippen LogP contribution is 2.29. The highest BCUT2D eigenvalue weighted by atomic mass is 16.5. The Kier molecular flexibility index (Phi) is 5.13. The number of ether oxygens (including phenoxy) is 2. The van der Waals surface area contributed by atoms with Crippen molar-refractivity contribution in [2.45, 2.75) is 13.8 Å². The van der Waals surface area contributed by atoms with Gasteiger partial charge < -0.3 is 19.5 Å². The minimum Gasteiger partial charge on any atom is -0.493 e. The molecule has 1 aromatic carbocycles. The molecule has 1 aromatic heterocycles. The van der Waals surface area contributed by atoms with Crippen molar-refractivity contribution in [1.29, 1.82) is 0 Å². The summed E-state index contributed by atoms with van der Waals surface area (Å²) >= 11 is 0. The summed E-state index contributed by atoms with van der Waals surface area (Å²) in [5.41, 5.74) is 0.900. The minimum atomic E-state index is -1.65. The number of aromatic nitrogens is 3. The SMILES string of the molecule is CCOC(=O)c1n[nH]nc1-c1cc(B(O)O)ccc1OCC. The molecule has 0 saturated heterocycles. The molecular weight excluding hydrogens is 289 g/mol. The molecule has 9 heteroatoms. The van der Waals surface area contributed by atoms with Crippen molar-refractivity contribution in [3.05, 3.63) is 23.9 Å². The van der Waals surface area contributed by atoms with Crippen molar-refractivity contribution in [2.24, 2.45) is 0 Å². The first-order chi connectivity index (χ1) is 10.6. The highest BCUT2D eigenvalue weighted by molar-refractivity contribution is 6.58. The van der Waals surface area contributed by atoms with Crippen LogP contribution in [-0.2, 0) is 4.74 Å². The van der Waals surface area contributed by atoms with E-state index in [1.54, 1.807) is 13.0 Å². The van der Waals surface area contributed by atoms with Gasteiger partial charge in [0.15, 0.2) is 5.69 Å². The van der Waals surface area contributed by atoms with Crippen LogP contribution in [0.25, 0.3) is 11.3 Å². The Bertz CT molecular complexity index is 659. The van der Waals surface area contributed by atoms with E-state index in [0.717, 1.165) is 0 Å². The minimum absolute atomic E-state index is 0.00684. The molecule has 22 heavy (non-hydrogen) atoms. The lowest BCUT2D eigenvalue weighted by atomic mass is 9.79. The zero-order chi connectivity index (χ0) is 16.1. The topological polar surface area (TPSA) is 118 Å². The van der Waals surface area contributed by atoms with E-state index in [1.165, 1.54) is 12.1 Å². The number of hydrogen-bond donors (Lipinski definition) is 3. The van der Waals surface area contributed by atoms with Gasteiger partial charge in [0.25, 0.3) is 0 Å². The predicted molar refractivity (Wildman–Crippen MR) is 78.8 cm³/mol. The number of nitrogens with one attached hydrogen (secondary N) is 1. The summed E-state index contributed by atoms with van der Waals surface area (Å²) in [5.74, 6) is -0.171. The van der Waals surface area contributed by atoms with Crippen molar-refractivity contribution in [2.75, 3.05) is 13.2 Å². The van der Waals surface area contributed by atoms with Gasteiger partial charge >= 0.3 is 13.1 Å². The first-order valence-corrected chi connectivity index (χ1v) is 6.79. The Labute approximate surface area is 127 Å². The fraction of sp³-hybridized carbons (Fsp3) is 0.308. The number of nitrogens with zero attached hydrogens (tertiary/aromatic N) is 2. The van der Waals surface area contributed by atoms with Crippen LogP contribution in [-0.4, -0.2) is 51.8 Å². The third kappa shape index (κ3) is 3.26. The van der Waals surface area contributed by atoms with Crippen molar-refractivity contribution < 1.29 is 24.3 Å². The highest BCUT2D eigenvalue weighted by Gasteiger charge is 2.23. The second-order valence-electron chi connectivity index (χ2n) is 4.30. The lowest BCUT2D eigenvalue weighted by molar-refractivity contribution is 0.0520. The molecule has 2 aromatic rings. The number of carbonyl (C=O) groups is 1. The Morgan fingerprint density at radius 1 is 1.27 bits per heavy atom. The standard InChI is InChI=1S/C13H16BN3O5/c1-3-21-10-6-5-8(14(19)20)7-9(10)11-12(16-17-15-11)13(18)22-4-2/h5-7,19-20H,3-4H2,1-2H3,(H,15,16,17). The van der Waals surface area contributed by atoms with Crippen molar-refractivity contribution in [3.63, 3.8) is 0 Å². The molecule has 2 rings (SSSR count). The monoisotopic (exact) mass is 305 g/mol. The normalized spacial score (nSPS) is 10.4. The van der Waals surface area contributed by atoms with Gasteiger partial charge in [-0.25, -0.2) is 4.79 Å². The predicted octanol–water partition coefficient (Wildman–Crippen LogP) is -0.273.